The second kappa shape index (κ2) is 8.81. The van der Waals surface area contributed by atoms with Gasteiger partial charge < -0.3 is 10.1 Å². The van der Waals surface area contributed by atoms with E-state index < -0.39 is 18.4 Å². The highest BCUT2D eigenvalue weighted by Crippen LogP contribution is 2.37. The molecule has 5 nitrogen and oxygen atoms in total. The lowest BCUT2D eigenvalue weighted by Crippen LogP contribution is -2.24. The van der Waals surface area contributed by atoms with E-state index in [0.717, 1.165) is 5.56 Å². The Labute approximate surface area is 150 Å². The van der Waals surface area contributed by atoms with Crippen molar-refractivity contribution in [3.8, 4) is 12.3 Å². The van der Waals surface area contributed by atoms with Gasteiger partial charge in [0.05, 0.1) is 6.61 Å². The number of amides is 1. The van der Waals surface area contributed by atoms with Crippen LogP contribution in [0.1, 0.15) is 36.8 Å². The highest BCUT2D eigenvalue weighted by molar-refractivity contribution is 5.76. The molecule has 0 saturated carbocycles. The van der Waals surface area contributed by atoms with Gasteiger partial charge in [-0.2, -0.15) is 23.4 Å². The van der Waals surface area contributed by atoms with Crippen molar-refractivity contribution < 1.29 is 22.7 Å². The van der Waals surface area contributed by atoms with Crippen LogP contribution in [-0.4, -0.2) is 24.4 Å². The summed E-state index contributed by atoms with van der Waals surface area (Å²) in [4.78, 5) is 11.9. The van der Waals surface area contributed by atoms with E-state index in [4.69, 9.17) is 6.42 Å². The van der Waals surface area contributed by atoms with Crippen LogP contribution in [-0.2, 0) is 22.7 Å². The Hall–Kier alpha value is -2.40. The van der Waals surface area contributed by atoms with Crippen LogP contribution in [0.5, 0.6) is 0 Å². The monoisotopic (exact) mass is 367 g/mol. The molecule has 1 aliphatic rings. The number of terminal acetylenes is 1. The van der Waals surface area contributed by atoms with Crippen molar-refractivity contribution in [1.29, 1.82) is 0 Å². The molecule has 0 atom stereocenters. The molecule has 1 N–H and O–H groups in total. The number of carbonyl (C=O) groups excluding carboxylic acids is 1. The largest absolute Gasteiger partial charge is 0.411 e. The van der Waals surface area contributed by atoms with Crippen molar-refractivity contribution in [3.05, 3.63) is 35.4 Å². The molecule has 1 aromatic carbocycles. The first-order valence-electron chi connectivity index (χ1n) is 8.18. The van der Waals surface area contributed by atoms with Gasteiger partial charge in [-0.15, -0.1) is 12.3 Å². The predicted molar refractivity (Wildman–Crippen MR) is 88.9 cm³/mol. The molecule has 1 amide bonds. The maximum Gasteiger partial charge on any atom is 0.411 e. The summed E-state index contributed by atoms with van der Waals surface area (Å²) in [5, 5.41) is 10.8. The van der Waals surface area contributed by atoms with Crippen molar-refractivity contribution in [2.75, 3.05) is 6.61 Å². The van der Waals surface area contributed by atoms with Gasteiger partial charge in [0, 0.05) is 32.2 Å². The zero-order valence-electron chi connectivity index (χ0n) is 14.2. The minimum absolute atomic E-state index is 0.111. The molecule has 1 heterocycles. The van der Waals surface area contributed by atoms with Crippen molar-refractivity contribution in [2.45, 2.75) is 50.7 Å². The molecule has 0 fully saturated rings. The Bertz CT molecular complexity index is 672. The number of halogens is 3. The highest BCUT2D eigenvalue weighted by atomic mass is 19.4. The molecule has 0 saturated heterocycles. The molecule has 0 spiro atoms. The SMILES string of the molecule is C#CCCC1(CCC(=O)NCc2ccc(COCC(F)(F)F)cc2)N=N1. The number of rotatable bonds is 10. The van der Waals surface area contributed by atoms with Crippen LogP contribution >= 0.6 is 0 Å². The van der Waals surface area contributed by atoms with Crippen molar-refractivity contribution in [1.82, 2.24) is 5.32 Å². The Morgan fingerprint density at radius 3 is 2.42 bits per heavy atom. The molecule has 0 unspecified atom stereocenters. The summed E-state index contributed by atoms with van der Waals surface area (Å²) in [6, 6.07) is 6.84. The number of benzene rings is 1. The van der Waals surface area contributed by atoms with Gasteiger partial charge in [0.25, 0.3) is 0 Å². The van der Waals surface area contributed by atoms with Crippen LogP contribution in [0.4, 0.5) is 13.2 Å². The van der Waals surface area contributed by atoms with Crippen LogP contribution in [0.3, 0.4) is 0 Å². The third kappa shape index (κ3) is 7.23. The molecule has 0 aromatic heterocycles. The van der Waals surface area contributed by atoms with Crippen LogP contribution in [0.15, 0.2) is 34.5 Å². The van der Waals surface area contributed by atoms with Gasteiger partial charge in [-0.05, 0) is 11.1 Å². The number of hydrogen-bond donors (Lipinski definition) is 1. The van der Waals surface area contributed by atoms with Gasteiger partial charge in [-0.25, -0.2) is 0 Å². The maximum absolute atomic E-state index is 12.0. The summed E-state index contributed by atoms with van der Waals surface area (Å²) >= 11 is 0. The fourth-order valence-electron chi connectivity index (χ4n) is 2.31. The third-order valence-corrected chi connectivity index (χ3v) is 3.85. The molecule has 0 radical (unpaired) electrons. The Morgan fingerprint density at radius 2 is 1.85 bits per heavy atom. The molecule has 0 aliphatic carbocycles. The topological polar surface area (TPSA) is 63.0 Å². The van der Waals surface area contributed by atoms with Crippen molar-refractivity contribution in [3.63, 3.8) is 0 Å². The van der Waals surface area contributed by atoms with Crippen LogP contribution in [0.2, 0.25) is 0 Å². The van der Waals surface area contributed by atoms with Crippen molar-refractivity contribution >= 4 is 5.91 Å². The molecular weight excluding hydrogens is 347 g/mol. The van der Waals surface area contributed by atoms with E-state index in [1.807, 2.05) is 0 Å². The summed E-state index contributed by atoms with van der Waals surface area (Å²) < 4.78 is 40.6. The molecule has 0 bridgehead atoms. The van der Waals surface area contributed by atoms with Crippen LogP contribution < -0.4 is 5.32 Å². The third-order valence-electron chi connectivity index (χ3n) is 3.85. The number of alkyl halides is 3. The fourth-order valence-corrected chi connectivity index (χ4v) is 2.31. The lowest BCUT2D eigenvalue weighted by Gasteiger charge is -2.10. The van der Waals surface area contributed by atoms with E-state index in [0.29, 0.717) is 37.8 Å². The van der Waals surface area contributed by atoms with Gasteiger partial charge in [-0.1, -0.05) is 24.3 Å². The first kappa shape index (κ1) is 19.9. The number of carbonyl (C=O) groups is 1. The van der Waals surface area contributed by atoms with E-state index in [1.54, 1.807) is 24.3 Å². The van der Waals surface area contributed by atoms with Crippen LogP contribution in [0, 0.1) is 12.3 Å². The van der Waals surface area contributed by atoms with Gasteiger partial charge in [0.1, 0.15) is 6.61 Å². The highest BCUT2D eigenvalue weighted by Gasteiger charge is 2.39. The van der Waals surface area contributed by atoms with Gasteiger partial charge in [0.15, 0.2) is 5.66 Å². The number of nitrogens with one attached hydrogen (secondary N) is 1. The molecule has 1 aliphatic heterocycles. The molecule has 26 heavy (non-hydrogen) atoms. The average Bonchev–Trinajstić information content (AvgIpc) is 3.37. The predicted octanol–water partition coefficient (Wildman–Crippen LogP) is 3.74. The van der Waals surface area contributed by atoms with E-state index in [1.165, 1.54) is 0 Å². The normalized spacial score (nSPS) is 14.7. The molecule has 2 rings (SSSR count). The first-order chi connectivity index (χ1) is 12.3. The lowest BCUT2D eigenvalue weighted by molar-refractivity contribution is -0.176. The zero-order valence-corrected chi connectivity index (χ0v) is 14.2. The average molecular weight is 367 g/mol. The summed E-state index contributed by atoms with van der Waals surface area (Å²) in [6.07, 6.45) is 2.97. The number of ether oxygens (including phenoxy) is 1. The molecular formula is C18H20F3N3O2. The maximum atomic E-state index is 12.0. The molecule has 140 valence electrons. The van der Waals surface area contributed by atoms with E-state index in [9.17, 15) is 18.0 Å². The van der Waals surface area contributed by atoms with E-state index >= 15 is 0 Å². The standard InChI is InChI=1S/C18H20F3N3O2/c1-2-3-9-17(23-24-17)10-8-16(25)22-11-14-4-6-15(7-5-14)12-26-13-18(19,20)21/h1,4-7H,3,8-13H2,(H,22,25). The number of hydrogen-bond acceptors (Lipinski definition) is 4. The van der Waals surface area contributed by atoms with E-state index in [-0.39, 0.29) is 12.5 Å². The smallest absolute Gasteiger partial charge is 0.367 e. The first-order valence-corrected chi connectivity index (χ1v) is 8.18. The Morgan fingerprint density at radius 1 is 1.19 bits per heavy atom. The summed E-state index contributed by atoms with van der Waals surface area (Å²) in [5.41, 5.74) is 1.01. The second-order valence-corrected chi connectivity index (χ2v) is 6.09. The van der Waals surface area contributed by atoms with Crippen LogP contribution in [0.25, 0.3) is 0 Å². The fraction of sp³-hybridized carbons (Fsp3) is 0.500. The van der Waals surface area contributed by atoms with E-state index in [2.05, 4.69) is 26.2 Å². The Balaban J connectivity index is 1.66. The minimum Gasteiger partial charge on any atom is -0.367 e. The molecule has 1 aromatic rings. The number of nitrogens with zero attached hydrogens (tertiary/aromatic N) is 2. The van der Waals surface area contributed by atoms with Gasteiger partial charge in [-0.3, -0.25) is 4.79 Å². The van der Waals surface area contributed by atoms with Gasteiger partial charge >= 0.3 is 6.18 Å². The van der Waals surface area contributed by atoms with Gasteiger partial charge in [0.2, 0.25) is 5.91 Å². The summed E-state index contributed by atoms with van der Waals surface area (Å²) in [5.74, 6) is 2.43. The Kier molecular flexibility index (Phi) is 6.75. The minimum atomic E-state index is -4.33. The zero-order chi connectivity index (χ0) is 19.0. The lowest BCUT2D eigenvalue weighted by atomic mass is 10.0. The second-order valence-electron chi connectivity index (χ2n) is 6.09. The van der Waals surface area contributed by atoms with Crippen molar-refractivity contribution in [2.24, 2.45) is 10.2 Å². The molecule has 8 heteroatoms. The summed E-state index contributed by atoms with van der Waals surface area (Å²) in [7, 11) is 0. The quantitative estimate of drug-likeness (QED) is 0.641. The summed E-state index contributed by atoms with van der Waals surface area (Å²) in [6.45, 7) is -1.04.